The maximum atomic E-state index is 12.0. The second-order valence-electron chi connectivity index (χ2n) is 3.99. The van der Waals surface area contributed by atoms with Crippen LogP contribution in [0.15, 0.2) is 53.5 Å². The van der Waals surface area contributed by atoms with Crippen molar-refractivity contribution in [1.29, 1.82) is 0 Å². The Labute approximate surface area is 117 Å². The number of carbonyl (C=O) groups is 1. The standard InChI is InChI=1S/C14H9N3O2S/c18-12(11-7-3-4-8-15-11)17-14-16-10-6-2-1-5-9(10)13(19)20-14/h1-8H,(H,16,17,18). The molecule has 1 aromatic carbocycles. The van der Waals surface area contributed by atoms with Gasteiger partial charge in [-0.25, -0.2) is 4.98 Å². The molecule has 0 aliphatic rings. The molecular formula is C14H9N3O2S. The lowest BCUT2D eigenvalue weighted by molar-refractivity contribution is 0.102. The molecule has 6 heteroatoms. The van der Waals surface area contributed by atoms with Crippen molar-refractivity contribution in [2.75, 3.05) is 5.32 Å². The van der Waals surface area contributed by atoms with Crippen molar-refractivity contribution in [3.63, 3.8) is 0 Å². The average molecular weight is 283 g/mol. The fraction of sp³-hybridized carbons (Fsp3) is 0. The van der Waals surface area contributed by atoms with E-state index in [1.165, 1.54) is 6.20 Å². The zero-order chi connectivity index (χ0) is 13.9. The number of nitrogens with one attached hydrogen (secondary N) is 1. The highest BCUT2D eigenvalue weighted by Crippen LogP contribution is 2.15. The molecular weight excluding hydrogens is 274 g/mol. The van der Waals surface area contributed by atoms with Gasteiger partial charge in [0.05, 0.1) is 10.9 Å². The largest absolute Gasteiger partial charge is 0.296 e. The first-order valence-corrected chi connectivity index (χ1v) is 6.68. The number of rotatable bonds is 2. The van der Waals surface area contributed by atoms with Crippen LogP contribution in [0.3, 0.4) is 0 Å². The van der Waals surface area contributed by atoms with E-state index in [-0.39, 0.29) is 21.5 Å². The molecule has 0 saturated carbocycles. The predicted octanol–water partition coefficient (Wildman–Crippen LogP) is 2.30. The average Bonchev–Trinajstić information content (AvgIpc) is 2.48. The molecule has 0 radical (unpaired) electrons. The summed E-state index contributed by atoms with van der Waals surface area (Å²) in [5, 5.41) is 3.41. The number of para-hydroxylation sites is 1. The molecule has 3 aromatic rings. The SMILES string of the molecule is O=C(Nc1nc2ccccc2c(=O)s1)c1ccccn1. The Morgan fingerprint density at radius 2 is 1.90 bits per heavy atom. The van der Waals surface area contributed by atoms with Crippen LogP contribution in [0.4, 0.5) is 5.13 Å². The van der Waals surface area contributed by atoms with E-state index in [0.29, 0.717) is 10.9 Å². The van der Waals surface area contributed by atoms with E-state index >= 15 is 0 Å². The van der Waals surface area contributed by atoms with Gasteiger partial charge in [0.1, 0.15) is 5.69 Å². The van der Waals surface area contributed by atoms with Crippen LogP contribution < -0.4 is 10.1 Å². The fourth-order valence-corrected chi connectivity index (χ4v) is 2.48. The molecule has 0 atom stereocenters. The molecule has 20 heavy (non-hydrogen) atoms. The molecule has 0 spiro atoms. The minimum absolute atomic E-state index is 0.132. The summed E-state index contributed by atoms with van der Waals surface area (Å²) in [6.07, 6.45) is 1.53. The summed E-state index contributed by atoms with van der Waals surface area (Å²) in [6, 6.07) is 12.1. The second-order valence-corrected chi connectivity index (χ2v) is 4.95. The molecule has 0 aliphatic carbocycles. The molecule has 0 saturated heterocycles. The van der Waals surface area contributed by atoms with Crippen LogP contribution in [0.25, 0.3) is 10.9 Å². The number of carbonyl (C=O) groups excluding carboxylic acids is 1. The van der Waals surface area contributed by atoms with Gasteiger partial charge in [-0.05, 0) is 24.3 Å². The van der Waals surface area contributed by atoms with Crippen molar-refractivity contribution in [1.82, 2.24) is 9.97 Å². The van der Waals surface area contributed by atoms with Gasteiger partial charge in [0.25, 0.3) is 5.91 Å². The lowest BCUT2D eigenvalue weighted by Gasteiger charge is -2.03. The van der Waals surface area contributed by atoms with Gasteiger partial charge in [0, 0.05) is 6.20 Å². The molecule has 1 amide bonds. The zero-order valence-corrected chi connectivity index (χ0v) is 11.1. The van der Waals surface area contributed by atoms with Crippen LogP contribution in [0.1, 0.15) is 10.5 Å². The van der Waals surface area contributed by atoms with Gasteiger partial charge in [-0.3, -0.25) is 19.9 Å². The number of anilines is 1. The van der Waals surface area contributed by atoms with Crippen LogP contribution in [0.5, 0.6) is 0 Å². The Morgan fingerprint density at radius 3 is 2.70 bits per heavy atom. The van der Waals surface area contributed by atoms with Gasteiger partial charge in [-0.1, -0.05) is 29.5 Å². The van der Waals surface area contributed by atoms with Crippen LogP contribution in [0, 0.1) is 0 Å². The summed E-state index contributed by atoms with van der Waals surface area (Å²) >= 11 is 0.903. The van der Waals surface area contributed by atoms with E-state index in [1.54, 1.807) is 42.5 Å². The highest BCUT2D eigenvalue weighted by Gasteiger charge is 2.10. The number of hydrogen-bond acceptors (Lipinski definition) is 5. The summed E-state index contributed by atoms with van der Waals surface area (Å²) < 4.78 is -0.132. The third-order valence-corrected chi connectivity index (χ3v) is 3.45. The topological polar surface area (TPSA) is 72.0 Å². The summed E-state index contributed by atoms with van der Waals surface area (Å²) in [5.41, 5.74) is 0.842. The quantitative estimate of drug-likeness (QED) is 0.783. The van der Waals surface area contributed by atoms with Crippen molar-refractivity contribution in [3.05, 3.63) is 63.9 Å². The Kier molecular flexibility index (Phi) is 3.22. The molecule has 0 fully saturated rings. The van der Waals surface area contributed by atoms with E-state index < -0.39 is 0 Å². The Morgan fingerprint density at radius 1 is 1.10 bits per heavy atom. The van der Waals surface area contributed by atoms with Crippen molar-refractivity contribution in [2.24, 2.45) is 0 Å². The van der Waals surface area contributed by atoms with Gasteiger partial charge < -0.3 is 0 Å². The van der Waals surface area contributed by atoms with Crippen molar-refractivity contribution in [3.8, 4) is 0 Å². The smallest absolute Gasteiger partial charge is 0.276 e. The predicted molar refractivity (Wildman–Crippen MR) is 78.1 cm³/mol. The molecule has 2 heterocycles. The Hall–Kier alpha value is -2.60. The molecule has 0 unspecified atom stereocenters. The van der Waals surface area contributed by atoms with E-state index in [2.05, 4.69) is 15.3 Å². The Balaban J connectivity index is 1.96. The van der Waals surface area contributed by atoms with Crippen LogP contribution in [-0.4, -0.2) is 15.9 Å². The van der Waals surface area contributed by atoms with E-state index in [9.17, 15) is 9.59 Å². The summed E-state index contributed by atoms with van der Waals surface area (Å²) in [6.45, 7) is 0. The van der Waals surface area contributed by atoms with Crippen LogP contribution in [-0.2, 0) is 0 Å². The van der Waals surface area contributed by atoms with Crippen LogP contribution >= 0.6 is 11.3 Å². The second kappa shape index (κ2) is 5.18. The first-order valence-electron chi connectivity index (χ1n) is 5.86. The lowest BCUT2D eigenvalue weighted by atomic mass is 10.3. The van der Waals surface area contributed by atoms with Gasteiger partial charge in [-0.15, -0.1) is 0 Å². The van der Waals surface area contributed by atoms with E-state index in [1.807, 2.05) is 0 Å². The van der Waals surface area contributed by atoms with Gasteiger partial charge in [0.15, 0.2) is 5.13 Å². The molecule has 1 N–H and O–H groups in total. The number of fused-ring (bicyclic) bond motifs is 1. The fourth-order valence-electron chi connectivity index (χ4n) is 1.73. The molecule has 0 aliphatic heterocycles. The number of benzene rings is 1. The normalized spacial score (nSPS) is 10.4. The first-order chi connectivity index (χ1) is 9.74. The van der Waals surface area contributed by atoms with E-state index in [0.717, 1.165) is 11.3 Å². The minimum Gasteiger partial charge on any atom is -0.296 e. The number of pyridine rings is 1. The minimum atomic E-state index is -0.385. The third-order valence-electron chi connectivity index (χ3n) is 2.65. The number of amides is 1. The summed E-state index contributed by atoms with van der Waals surface area (Å²) in [5.74, 6) is -0.385. The van der Waals surface area contributed by atoms with Gasteiger partial charge in [0.2, 0.25) is 4.74 Å². The highest BCUT2D eigenvalue weighted by molar-refractivity contribution is 7.13. The maximum absolute atomic E-state index is 12.0. The van der Waals surface area contributed by atoms with Crippen molar-refractivity contribution >= 4 is 33.3 Å². The molecule has 2 aromatic heterocycles. The maximum Gasteiger partial charge on any atom is 0.276 e. The molecule has 0 bridgehead atoms. The number of aromatic nitrogens is 2. The summed E-state index contributed by atoms with van der Waals surface area (Å²) in [4.78, 5) is 32.1. The monoisotopic (exact) mass is 283 g/mol. The molecule has 3 rings (SSSR count). The Bertz CT molecular complexity index is 830. The van der Waals surface area contributed by atoms with Crippen LogP contribution in [0.2, 0.25) is 0 Å². The molecule has 5 nitrogen and oxygen atoms in total. The number of hydrogen-bond donors (Lipinski definition) is 1. The highest BCUT2D eigenvalue weighted by atomic mass is 32.1. The van der Waals surface area contributed by atoms with Crippen molar-refractivity contribution < 1.29 is 4.79 Å². The third kappa shape index (κ3) is 2.41. The lowest BCUT2D eigenvalue weighted by Crippen LogP contribution is -2.15. The van der Waals surface area contributed by atoms with Crippen molar-refractivity contribution in [2.45, 2.75) is 0 Å². The zero-order valence-electron chi connectivity index (χ0n) is 10.2. The number of nitrogens with zero attached hydrogens (tertiary/aromatic N) is 2. The molecule has 98 valence electrons. The summed E-state index contributed by atoms with van der Waals surface area (Å²) in [7, 11) is 0. The first kappa shape index (κ1) is 12.4. The van der Waals surface area contributed by atoms with E-state index in [4.69, 9.17) is 0 Å². The van der Waals surface area contributed by atoms with Gasteiger partial charge >= 0.3 is 0 Å². The van der Waals surface area contributed by atoms with Gasteiger partial charge in [-0.2, -0.15) is 0 Å².